The summed E-state index contributed by atoms with van der Waals surface area (Å²) in [5, 5.41) is 2.18. The summed E-state index contributed by atoms with van der Waals surface area (Å²) >= 11 is 0. The van der Waals surface area contributed by atoms with Crippen molar-refractivity contribution in [2.75, 3.05) is 6.61 Å². The summed E-state index contributed by atoms with van der Waals surface area (Å²) in [4.78, 5) is 11.6. The molecule has 0 amide bonds. The second-order valence-electron chi connectivity index (χ2n) is 5.66. The lowest BCUT2D eigenvalue weighted by Crippen LogP contribution is -2.24. The zero-order valence-corrected chi connectivity index (χ0v) is 12.2. The lowest BCUT2D eigenvalue weighted by Gasteiger charge is -2.19. The summed E-state index contributed by atoms with van der Waals surface area (Å²) in [6.45, 7) is 5.90. The molecule has 0 atom stereocenters. The number of rotatable bonds is 4. The van der Waals surface area contributed by atoms with Crippen molar-refractivity contribution < 1.29 is 14.3 Å². The van der Waals surface area contributed by atoms with Crippen molar-refractivity contribution in [2.24, 2.45) is 0 Å². The van der Waals surface area contributed by atoms with Gasteiger partial charge in [0.15, 0.2) is 0 Å². The Morgan fingerprint density at radius 1 is 1.05 bits per heavy atom. The smallest absolute Gasteiger partial charge is 0.309 e. The van der Waals surface area contributed by atoms with Gasteiger partial charge in [-0.1, -0.05) is 36.4 Å². The van der Waals surface area contributed by atoms with Crippen molar-refractivity contribution in [2.45, 2.75) is 32.8 Å². The number of hydrogen-bond donors (Lipinski definition) is 0. The minimum atomic E-state index is -0.448. The molecular formula is C17H20O3. The molecule has 3 nitrogen and oxygen atoms in total. The molecule has 3 heteroatoms. The van der Waals surface area contributed by atoms with Crippen LogP contribution in [0.4, 0.5) is 0 Å². The van der Waals surface area contributed by atoms with E-state index in [1.165, 1.54) is 0 Å². The van der Waals surface area contributed by atoms with Gasteiger partial charge in [0, 0.05) is 5.39 Å². The third-order valence-corrected chi connectivity index (χ3v) is 2.73. The number of carbonyl (C=O) groups excluding carboxylic acids is 1. The van der Waals surface area contributed by atoms with Gasteiger partial charge in [-0.3, -0.25) is 4.79 Å². The predicted octanol–water partition coefficient (Wildman–Crippen LogP) is 3.95. The standard InChI is InChI=1S/C17H20O3/c1-17(2,3)20-16(18)11-12-19-15-10-6-8-13-7-4-5-9-14(13)15/h4-10H,11-12H2,1-3H3. The fourth-order valence-corrected chi connectivity index (χ4v) is 1.96. The first-order valence-electron chi connectivity index (χ1n) is 6.78. The molecule has 2 aromatic rings. The fourth-order valence-electron chi connectivity index (χ4n) is 1.96. The van der Waals surface area contributed by atoms with Crippen LogP contribution in [0.5, 0.6) is 5.75 Å². The molecule has 0 bridgehead atoms. The van der Waals surface area contributed by atoms with Crippen LogP contribution < -0.4 is 4.74 Å². The van der Waals surface area contributed by atoms with Crippen LogP contribution in [0.3, 0.4) is 0 Å². The molecule has 2 rings (SSSR count). The summed E-state index contributed by atoms with van der Waals surface area (Å²) < 4.78 is 10.9. The molecule has 0 heterocycles. The first-order valence-corrected chi connectivity index (χ1v) is 6.78. The van der Waals surface area contributed by atoms with E-state index in [9.17, 15) is 4.79 Å². The first kappa shape index (κ1) is 14.4. The van der Waals surface area contributed by atoms with Crippen LogP contribution in [0.2, 0.25) is 0 Å². The molecule has 0 aliphatic carbocycles. The topological polar surface area (TPSA) is 35.5 Å². The van der Waals surface area contributed by atoms with Gasteiger partial charge in [-0.05, 0) is 32.2 Å². The number of carbonyl (C=O) groups is 1. The average molecular weight is 272 g/mol. The predicted molar refractivity (Wildman–Crippen MR) is 79.9 cm³/mol. The van der Waals surface area contributed by atoms with Crippen molar-refractivity contribution >= 4 is 16.7 Å². The highest BCUT2D eigenvalue weighted by atomic mass is 16.6. The maximum Gasteiger partial charge on any atom is 0.309 e. The molecule has 0 aromatic heterocycles. The normalized spacial score (nSPS) is 11.3. The number of benzene rings is 2. The van der Waals surface area contributed by atoms with E-state index in [1.807, 2.05) is 63.2 Å². The van der Waals surface area contributed by atoms with Gasteiger partial charge >= 0.3 is 5.97 Å². The highest BCUT2D eigenvalue weighted by Crippen LogP contribution is 2.25. The Bertz CT molecular complexity index is 591. The van der Waals surface area contributed by atoms with Gasteiger partial charge in [0.25, 0.3) is 0 Å². The van der Waals surface area contributed by atoms with E-state index in [4.69, 9.17) is 9.47 Å². The van der Waals surface area contributed by atoms with E-state index in [0.717, 1.165) is 16.5 Å². The molecule has 0 saturated carbocycles. The Hall–Kier alpha value is -2.03. The second kappa shape index (κ2) is 5.95. The van der Waals surface area contributed by atoms with Gasteiger partial charge < -0.3 is 9.47 Å². The number of esters is 1. The summed E-state index contributed by atoms with van der Waals surface area (Å²) in [6.07, 6.45) is 0.250. The molecule has 0 spiro atoms. The maximum absolute atomic E-state index is 11.6. The average Bonchev–Trinajstić information content (AvgIpc) is 2.37. The molecule has 0 radical (unpaired) electrons. The van der Waals surface area contributed by atoms with Gasteiger partial charge in [0.1, 0.15) is 11.4 Å². The zero-order chi connectivity index (χ0) is 14.6. The van der Waals surface area contributed by atoms with E-state index < -0.39 is 5.60 Å². The molecular weight excluding hydrogens is 252 g/mol. The van der Waals surface area contributed by atoms with Crippen LogP contribution in [-0.4, -0.2) is 18.2 Å². The van der Waals surface area contributed by atoms with Gasteiger partial charge in [0.2, 0.25) is 0 Å². The van der Waals surface area contributed by atoms with Crippen molar-refractivity contribution in [1.82, 2.24) is 0 Å². The van der Waals surface area contributed by atoms with E-state index in [2.05, 4.69) is 0 Å². The molecule has 106 valence electrons. The molecule has 0 aliphatic rings. The van der Waals surface area contributed by atoms with E-state index in [1.54, 1.807) is 0 Å². The van der Waals surface area contributed by atoms with E-state index >= 15 is 0 Å². The Balaban J connectivity index is 1.95. The van der Waals surface area contributed by atoms with Crippen molar-refractivity contribution in [3.8, 4) is 5.75 Å². The molecule has 2 aromatic carbocycles. The van der Waals surface area contributed by atoms with Gasteiger partial charge in [-0.15, -0.1) is 0 Å². The Kier molecular flexibility index (Phi) is 4.28. The quantitative estimate of drug-likeness (QED) is 0.790. The highest BCUT2D eigenvalue weighted by Gasteiger charge is 2.16. The third kappa shape index (κ3) is 3.98. The largest absolute Gasteiger partial charge is 0.492 e. The van der Waals surface area contributed by atoms with Crippen molar-refractivity contribution in [3.63, 3.8) is 0 Å². The third-order valence-electron chi connectivity index (χ3n) is 2.73. The molecule has 20 heavy (non-hydrogen) atoms. The van der Waals surface area contributed by atoms with Crippen molar-refractivity contribution in [3.05, 3.63) is 42.5 Å². The van der Waals surface area contributed by atoms with Crippen LogP contribution in [0.1, 0.15) is 27.2 Å². The molecule has 0 saturated heterocycles. The van der Waals surface area contributed by atoms with Crippen molar-refractivity contribution in [1.29, 1.82) is 0 Å². The van der Waals surface area contributed by atoms with Gasteiger partial charge in [-0.2, -0.15) is 0 Å². The first-order chi connectivity index (χ1) is 9.46. The highest BCUT2D eigenvalue weighted by molar-refractivity contribution is 5.88. The second-order valence-corrected chi connectivity index (χ2v) is 5.66. The van der Waals surface area contributed by atoms with Gasteiger partial charge in [0.05, 0.1) is 13.0 Å². The lowest BCUT2D eigenvalue weighted by atomic mass is 10.1. The molecule has 0 N–H and O–H groups in total. The summed E-state index contributed by atoms with van der Waals surface area (Å²) in [7, 11) is 0. The Morgan fingerprint density at radius 3 is 2.50 bits per heavy atom. The van der Waals surface area contributed by atoms with Crippen LogP contribution in [0.25, 0.3) is 10.8 Å². The van der Waals surface area contributed by atoms with Crippen LogP contribution >= 0.6 is 0 Å². The van der Waals surface area contributed by atoms with Crippen LogP contribution in [0.15, 0.2) is 42.5 Å². The van der Waals surface area contributed by atoms with E-state index in [0.29, 0.717) is 6.61 Å². The SMILES string of the molecule is CC(C)(C)OC(=O)CCOc1cccc2ccccc12. The van der Waals surface area contributed by atoms with Crippen LogP contribution in [0, 0.1) is 0 Å². The Labute approximate surface area is 119 Å². The van der Waals surface area contributed by atoms with Gasteiger partial charge in [-0.25, -0.2) is 0 Å². The lowest BCUT2D eigenvalue weighted by molar-refractivity contribution is -0.155. The number of hydrogen-bond acceptors (Lipinski definition) is 3. The van der Waals surface area contributed by atoms with Crippen LogP contribution in [-0.2, 0) is 9.53 Å². The summed E-state index contributed by atoms with van der Waals surface area (Å²) in [6, 6.07) is 13.9. The number of ether oxygens (including phenoxy) is 2. The molecule has 0 aliphatic heterocycles. The molecule has 0 fully saturated rings. The zero-order valence-electron chi connectivity index (χ0n) is 12.2. The fraction of sp³-hybridized carbons (Fsp3) is 0.353. The molecule has 0 unspecified atom stereocenters. The summed E-state index contributed by atoms with van der Waals surface area (Å²) in [5.41, 5.74) is -0.448. The monoisotopic (exact) mass is 272 g/mol. The minimum Gasteiger partial charge on any atom is -0.492 e. The minimum absolute atomic E-state index is 0.238. The Morgan fingerprint density at radius 2 is 1.75 bits per heavy atom. The number of fused-ring (bicyclic) bond motifs is 1. The maximum atomic E-state index is 11.6. The van der Waals surface area contributed by atoms with E-state index in [-0.39, 0.29) is 12.4 Å². The summed E-state index contributed by atoms with van der Waals surface area (Å²) in [5.74, 6) is 0.560.